The molecule has 76 valence electrons. The highest BCUT2D eigenvalue weighted by Crippen LogP contribution is 2.15. The molecule has 0 saturated heterocycles. The molecule has 0 spiro atoms. The lowest BCUT2D eigenvalue weighted by atomic mass is 10.2. The fourth-order valence-electron chi connectivity index (χ4n) is 1.26. The Morgan fingerprint density at radius 3 is 2.53 bits per heavy atom. The maximum Gasteiger partial charge on any atom is 0.194 e. The fraction of sp³-hybridized carbons (Fsp3) is 0.100. The van der Waals surface area contributed by atoms with Crippen LogP contribution in [0, 0.1) is 9.41 Å². The Morgan fingerprint density at radius 1 is 1.20 bits per heavy atom. The van der Waals surface area contributed by atoms with Crippen LogP contribution in [0.15, 0.2) is 30.3 Å². The smallest absolute Gasteiger partial charge is 0.194 e. The Labute approximate surface area is 97.4 Å². The minimum absolute atomic E-state index is 0.527. The van der Waals surface area contributed by atoms with E-state index < -0.39 is 0 Å². The Morgan fingerprint density at radius 2 is 1.87 bits per heavy atom. The van der Waals surface area contributed by atoms with Crippen LogP contribution < -0.4 is 0 Å². The number of nitrogens with zero attached hydrogens (tertiary/aromatic N) is 2. The molecule has 1 N–H and O–H groups in total. The number of H-pyrrole nitrogens is 1. The standard InChI is InChI=1S/C10H9N3S2/c1-13-10(15)11-9(14)8(12-13)7-5-3-2-4-6-7/h2-6H,1H3,(H,11,14,15). The summed E-state index contributed by atoms with van der Waals surface area (Å²) < 4.78 is 2.71. The van der Waals surface area contributed by atoms with Gasteiger partial charge in [0.05, 0.1) is 0 Å². The van der Waals surface area contributed by atoms with Gasteiger partial charge in [0.25, 0.3) is 0 Å². The van der Waals surface area contributed by atoms with Crippen molar-refractivity contribution in [2.24, 2.45) is 7.05 Å². The first-order valence-electron chi connectivity index (χ1n) is 4.41. The number of benzene rings is 1. The van der Waals surface area contributed by atoms with Crippen LogP contribution in [0.3, 0.4) is 0 Å². The van der Waals surface area contributed by atoms with E-state index in [0.29, 0.717) is 9.41 Å². The number of rotatable bonds is 1. The average Bonchev–Trinajstić information content (AvgIpc) is 2.25. The zero-order valence-corrected chi connectivity index (χ0v) is 9.73. The van der Waals surface area contributed by atoms with Gasteiger partial charge in [-0.2, -0.15) is 5.10 Å². The van der Waals surface area contributed by atoms with E-state index in [-0.39, 0.29) is 0 Å². The van der Waals surface area contributed by atoms with E-state index in [0.717, 1.165) is 11.3 Å². The Balaban J connectivity index is 2.70. The summed E-state index contributed by atoms with van der Waals surface area (Å²) in [5, 5.41) is 4.32. The summed E-state index contributed by atoms with van der Waals surface area (Å²) in [6.45, 7) is 0. The van der Waals surface area contributed by atoms with Crippen LogP contribution in [0.4, 0.5) is 0 Å². The molecule has 0 amide bonds. The van der Waals surface area contributed by atoms with Gasteiger partial charge in [-0.05, 0) is 12.2 Å². The van der Waals surface area contributed by atoms with Gasteiger partial charge in [-0.3, -0.25) is 0 Å². The van der Waals surface area contributed by atoms with Gasteiger partial charge in [0.1, 0.15) is 10.3 Å². The molecule has 15 heavy (non-hydrogen) atoms. The van der Waals surface area contributed by atoms with Gasteiger partial charge in [-0.1, -0.05) is 42.5 Å². The molecule has 0 aliphatic carbocycles. The first-order valence-corrected chi connectivity index (χ1v) is 5.23. The van der Waals surface area contributed by atoms with Crippen molar-refractivity contribution in [1.29, 1.82) is 0 Å². The third kappa shape index (κ3) is 2.03. The number of aromatic amines is 1. The Kier molecular flexibility index (Phi) is 2.75. The molecule has 2 aromatic rings. The molecule has 1 aromatic heterocycles. The van der Waals surface area contributed by atoms with E-state index in [1.165, 1.54) is 0 Å². The molecule has 0 fully saturated rings. The second kappa shape index (κ2) is 4.04. The normalized spacial score (nSPS) is 10.2. The zero-order valence-electron chi connectivity index (χ0n) is 8.10. The van der Waals surface area contributed by atoms with E-state index in [2.05, 4.69) is 10.1 Å². The minimum Gasteiger partial charge on any atom is -0.320 e. The van der Waals surface area contributed by atoms with E-state index in [9.17, 15) is 0 Å². The van der Waals surface area contributed by atoms with Crippen molar-refractivity contribution in [2.75, 3.05) is 0 Å². The topological polar surface area (TPSA) is 33.6 Å². The molecular formula is C10H9N3S2. The van der Waals surface area contributed by atoms with E-state index in [1.54, 1.807) is 11.7 Å². The predicted molar refractivity (Wildman–Crippen MR) is 64.7 cm³/mol. The van der Waals surface area contributed by atoms with Crippen LogP contribution in [-0.4, -0.2) is 14.8 Å². The Bertz CT molecular complexity index is 584. The fourth-order valence-corrected chi connectivity index (χ4v) is 1.73. The van der Waals surface area contributed by atoms with Gasteiger partial charge in [-0.15, -0.1) is 0 Å². The van der Waals surface area contributed by atoms with Gasteiger partial charge in [-0.25, -0.2) is 4.68 Å². The van der Waals surface area contributed by atoms with E-state index in [1.807, 2.05) is 30.3 Å². The van der Waals surface area contributed by atoms with Crippen LogP contribution in [0.5, 0.6) is 0 Å². The van der Waals surface area contributed by atoms with Crippen LogP contribution in [0.25, 0.3) is 11.3 Å². The molecule has 2 rings (SSSR count). The highest BCUT2D eigenvalue weighted by Gasteiger charge is 2.02. The molecule has 0 radical (unpaired) electrons. The number of nitrogens with one attached hydrogen (secondary N) is 1. The molecule has 0 aliphatic rings. The third-order valence-electron chi connectivity index (χ3n) is 2.03. The second-order valence-corrected chi connectivity index (χ2v) is 3.89. The summed E-state index contributed by atoms with van der Waals surface area (Å²) in [5.74, 6) is 0. The lowest BCUT2D eigenvalue weighted by Crippen LogP contribution is -2.03. The molecule has 0 saturated carbocycles. The minimum atomic E-state index is 0.527. The first kappa shape index (κ1) is 10.2. The highest BCUT2D eigenvalue weighted by molar-refractivity contribution is 7.72. The molecule has 5 heteroatoms. The molecule has 0 unspecified atom stereocenters. The number of hydrogen-bond acceptors (Lipinski definition) is 3. The quantitative estimate of drug-likeness (QED) is 0.772. The largest absolute Gasteiger partial charge is 0.320 e. The number of aromatic nitrogens is 3. The van der Waals surface area contributed by atoms with Crippen molar-refractivity contribution in [3.63, 3.8) is 0 Å². The van der Waals surface area contributed by atoms with Crippen molar-refractivity contribution in [2.45, 2.75) is 0 Å². The van der Waals surface area contributed by atoms with Crippen LogP contribution in [-0.2, 0) is 7.05 Å². The molecule has 0 aliphatic heterocycles. The maximum atomic E-state index is 5.18. The molecule has 1 aromatic carbocycles. The summed E-state index contributed by atoms with van der Waals surface area (Å²) in [6, 6.07) is 9.79. The van der Waals surface area contributed by atoms with Gasteiger partial charge >= 0.3 is 0 Å². The Hall–Kier alpha value is -1.33. The van der Waals surface area contributed by atoms with Crippen LogP contribution in [0.2, 0.25) is 0 Å². The number of hydrogen-bond donors (Lipinski definition) is 1. The van der Waals surface area contributed by atoms with Crippen molar-refractivity contribution in [3.8, 4) is 11.3 Å². The summed E-state index contributed by atoms with van der Waals surface area (Å²) >= 11 is 10.2. The molecule has 0 atom stereocenters. The van der Waals surface area contributed by atoms with Gasteiger partial charge in [0, 0.05) is 12.6 Å². The van der Waals surface area contributed by atoms with Crippen molar-refractivity contribution in [1.82, 2.24) is 14.8 Å². The summed E-state index contributed by atoms with van der Waals surface area (Å²) in [7, 11) is 1.79. The van der Waals surface area contributed by atoms with Gasteiger partial charge in [0.2, 0.25) is 0 Å². The summed E-state index contributed by atoms with van der Waals surface area (Å²) in [6.07, 6.45) is 0. The lowest BCUT2D eigenvalue weighted by molar-refractivity contribution is 0.699. The van der Waals surface area contributed by atoms with Crippen molar-refractivity contribution < 1.29 is 0 Å². The van der Waals surface area contributed by atoms with Crippen molar-refractivity contribution >= 4 is 24.4 Å². The second-order valence-electron chi connectivity index (χ2n) is 3.10. The maximum absolute atomic E-state index is 5.18. The average molecular weight is 235 g/mol. The highest BCUT2D eigenvalue weighted by atomic mass is 32.1. The summed E-state index contributed by atoms with van der Waals surface area (Å²) in [5.41, 5.74) is 1.74. The summed E-state index contributed by atoms with van der Waals surface area (Å²) in [4.78, 5) is 2.94. The molecule has 3 nitrogen and oxygen atoms in total. The predicted octanol–water partition coefficient (Wildman–Crippen LogP) is 2.87. The monoisotopic (exact) mass is 235 g/mol. The molecule has 0 bridgehead atoms. The molecular weight excluding hydrogens is 226 g/mol. The van der Waals surface area contributed by atoms with Crippen LogP contribution in [0.1, 0.15) is 0 Å². The first-order chi connectivity index (χ1) is 7.18. The van der Waals surface area contributed by atoms with Crippen LogP contribution >= 0.6 is 24.4 Å². The number of aryl methyl sites for hydroxylation is 1. The van der Waals surface area contributed by atoms with Gasteiger partial charge in [0.15, 0.2) is 4.77 Å². The zero-order chi connectivity index (χ0) is 10.8. The SMILES string of the molecule is Cn1nc(-c2ccccc2)c(=S)[nH]c1=S. The third-order valence-corrected chi connectivity index (χ3v) is 2.69. The molecule has 1 heterocycles. The van der Waals surface area contributed by atoms with E-state index >= 15 is 0 Å². The van der Waals surface area contributed by atoms with Gasteiger partial charge < -0.3 is 4.98 Å². The lowest BCUT2D eigenvalue weighted by Gasteiger charge is -2.03. The van der Waals surface area contributed by atoms with Crippen molar-refractivity contribution in [3.05, 3.63) is 39.7 Å². The van der Waals surface area contributed by atoms with E-state index in [4.69, 9.17) is 24.4 Å².